The Morgan fingerprint density at radius 3 is 3.00 bits per heavy atom. The predicted octanol–water partition coefficient (Wildman–Crippen LogP) is 0.637. The average Bonchev–Trinajstić information content (AvgIpc) is 2.47. The fraction of sp³-hybridized carbons (Fsp3) is 0. The molecule has 0 saturated heterocycles. The SMILES string of the molecule is O=[N+]([O-])c1nnc2ccccn12. The summed E-state index contributed by atoms with van der Waals surface area (Å²) in [5, 5.41) is 17.4. The fourth-order valence-corrected chi connectivity index (χ4v) is 0.953. The van der Waals surface area contributed by atoms with Crippen molar-refractivity contribution >= 4 is 11.6 Å². The van der Waals surface area contributed by atoms with Gasteiger partial charge in [-0.15, -0.1) is 0 Å². The monoisotopic (exact) mass is 164 g/mol. The predicted molar refractivity (Wildman–Crippen MR) is 39.6 cm³/mol. The number of hydrogen-bond donors (Lipinski definition) is 0. The standard InChI is InChI=1S/C6H4N4O2/c11-10(12)6-8-7-5-3-1-2-4-9(5)6/h1-4H. The van der Waals surface area contributed by atoms with E-state index >= 15 is 0 Å². The minimum Gasteiger partial charge on any atom is -0.390 e. The number of nitrogens with zero attached hydrogens (tertiary/aromatic N) is 4. The van der Waals surface area contributed by atoms with E-state index < -0.39 is 4.92 Å². The van der Waals surface area contributed by atoms with Crippen molar-refractivity contribution in [1.82, 2.24) is 14.6 Å². The van der Waals surface area contributed by atoms with Crippen molar-refractivity contribution in [2.45, 2.75) is 0 Å². The zero-order valence-corrected chi connectivity index (χ0v) is 5.91. The summed E-state index contributed by atoms with van der Waals surface area (Å²) in [6, 6.07) is 5.08. The summed E-state index contributed by atoms with van der Waals surface area (Å²) >= 11 is 0. The molecule has 0 unspecified atom stereocenters. The molecule has 0 aliphatic rings. The van der Waals surface area contributed by atoms with E-state index in [2.05, 4.69) is 10.2 Å². The van der Waals surface area contributed by atoms with E-state index in [-0.39, 0.29) is 5.95 Å². The molecule has 0 N–H and O–H groups in total. The van der Waals surface area contributed by atoms with E-state index in [9.17, 15) is 10.1 Å². The highest BCUT2D eigenvalue weighted by Crippen LogP contribution is 2.08. The first-order chi connectivity index (χ1) is 5.79. The first kappa shape index (κ1) is 6.71. The zero-order valence-electron chi connectivity index (χ0n) is 5.91. The van der Waals surface area contributed by atoms with Gasteiger partial charge in [-0.3, -0.25) is 0 Å². The van der Waals surface area contributed by atoms with Crippen LogP contribution in [0.15, 0.2) is 24.4 Å². The first-order valence-electron chi connectivity index (χ1n) is 3.23. The lowest BCUT2D eigenvalue weighted by Gasteiger charge is -1.89. The summed E-state index contributed by atoms with van der Waals surface area (Å²) in [6.07, 6.45) is 1.55. The minimum absolute atomic E-state index is 0.259. The summed E-state index contributed by atoms with van der Waals surface area (Å²) < 4.78 is 1.32. The molecule has 2 aromatic rings. The topological polar surface area (TPSA) is 73.3 Å². The van der Waals surface area contributed by atoms with Crippen LogP contribution in [0.5, 0.6) is 0 Å². The lowest BCUT2D eigenvalue weighted by atomic mass is 10.5. The molecule has 0 saturated carbocycles. The van der Waals surface area contributed by atoms with Gasteiger partial charge in [0, 0.05) is 6.07 Å². The molecule has 6 heteroatoms. The average molecular weight is 164 g/mol. The van der Waals surface area contributed by atoms with Crippen molar-refractivity contribution in [3.8, 4) is 0 Å². The Bertz CT molecular complexity index is 436. The largest absolute Gasteiger partial charge is 0.463 e. The zero-order chi connectivity index (χ0) is 8.55. The molecule has 0 bridgehead atoms. The van der Waals surface area contributed by atoms with Crippen molar-refractivity contribution < 1.29 is 4.92 Å². The molecule has 2 heterocycles. The highest BCUT2D eigenvalue weighted by molar-refractivity contribution is 5.39. The molecule has 0 spiro atoms. The van der Waals surface area contributed by atoms with Crippen LogP contribution in [0, 0.1) is 10.1 Å². The van der Waals surface area contributed by atoms with Gasteiger partial charge in [-0.05, 0) is 16.1 Å². The Morgan fingerprint density at radius 1 is 1.42 bits per heavy atom. The lowest BCUT2D eigenvalue weighted by Crippen LogP contribution is -1.94. The van der Waals surface area contributed by atoms with E-state index in [0.717, 1.165) is 0 Å². The van der Waals surface area contributed by atoms with Crippen LogP contribution in [-0.4, -0.2) is 19.5 Å². The summed E-state index contributed by atoms with van der Waals surface area (Å²) in [4.78, 5) is 9.79. The number of nitro groups is 1. The second-order valence-electron chi connectivity index (χ2n) is 2.19. The number of pyridine rings is 1. The molecule has 2 rings (SSSR count). The molecule has 0 atom stereocenters. The molecule has 0 aromatic carbocycles. The Morgan fingerprint density at radius 2 is 2.25 bits per heavy atom. The van der Waals surface area contributed by atoms with Gasteiger partial charge < -0.3 is 10.1 Å². The van der Waals surface area contributed by atoms with Gasteiger partial charge in [0.2, 0.25) is 5.65 Å². The van der Waals surface area contributed by atoms with E-state index in [1.165, 1.54) is 4.40 Å². The quantitative estimate of drug-likeness (QED) is 0.457. The van der Waals surface area contributed by atoms with Crippen molar-refractivity contribution in [2.75, 3.05) is 0 Å². The molecule has 0 radical (unpaired) electrons. The summed E-state index contributed by atoms with van der Waals surface area (Å²) in [6.45, 7) is 0. The number of rotatable bonds is 1. The van der Waals surface area contributed by atoms with Gasteiger partial charge in [-0.2, -0.15) is 4.40 Å². The van der Waals surface area contributed by atoms with Crippen LogP contribution < -0.4 is 0 Å². The van der Waals surface area contributed by atoms with Crippen LogP contribution in [0.3, 0.4) is 0 Å². The van der Waals surface area contributed by atoms with Gasteiger partial charge in [0.1, 0.15) is 0 Å². The van der Waals surface area contributed by atoms with Gasteiger partial charge >= 0.3 is 5.95 Å². The Balaban J connectivity index is 2.79. The van der Waals surface area contributed by atoms with Crippen LogP contribution in [-0.2, 0) is 0 Å². The summed E-state index contributed by atoms with van der Waals surface area (Å²) in [5.74, 6) is -0.259. The van der Waals surface area contributed by atoms with Gasteiger partial charge in [0.25, 0.3) is 0 Å². The lowest BCUT2D eigenvalue weighted by molar-refractivity contribution is -0.395. The van der Waals surface area contributed by atoms with Crippen molar-refractivity contribution in [3.63, 3.8) is 0 Å². The van der Waals surface area contributed by atoms with E-state index in [1.54, 1.807) is 24.4 Å². The second kappa shape index (κ2) is 2.26. The first-order valence-corrected chi connectivity index (χ1v) is 3.23. The maximum absolute atomic E-state index is 10.4. The molecule has 2 aromatic heterocycles. The van der Waals surface area contributed by atoms with Gasteiger partial charge in [0.15, 0.2) is 0 Å². The highest BCUT2D eigenvalue weighted by atomic mass is 16.6. The van der Waals surface area contributed by atoms with E-state index in [1.807, 2.05) is 0 Å². The van der Waals surface area contributed by atoms with Crippen LogP contribution in [0.2, 0.25) is 0 Å². The number of hydrogen-bond acceptors (Lipinski definition) is 4. The molecule has 6 nitrogen and oxygen atoms in total. The molecular formula is C6H4N4O2. The van der Waals surface area contributed by atoms with Crippen LogP contribution in [0.4, 0.5) is 5.95 Å². The summed E-state index contributed by atoms with van der Waals surface area (Å²) in [7, 11) is 0. The van der Waals surface area contributed by atoms with Crippen LogP contribution in [0.25, 0.3) is 5.65 Å². The number of aromatic nitrogens is 3. The number of fused-ring (bicyclic) bond motifs is 1. The maximum Gasteiger partial charge on any atom is 0.463 e. The molecule has 0 aliphatic heterocycles. The fourth-order valence-electron chi connectivity index (χ4n) is 0.953. The minimum atomic E-state index is -0.569. The smallest absolute Gasteiger partial charge is 0.390 e. The van der Waals surface area contributed by atoms with Crippen molar-refractivity contribution in [2.24, 2.45) is 0 Å². The molecule has 0 amide bonds. The third-order valence-corrected chi connectivity index (χ3v) is 1.46. The normalized spacial score (nSPS) is 10.3. The van der Waals surface area contributed by atoms with Crippen molar-refractivity contribution in [3.05, 3.63) is 34.5 Å². The van der Waals surface area contributed by atoms with Crippen molar-refractivity contribution in [1.29, 1.82) is 0 Å². The molecular weight excluding hydrogens is 160 g/mol. The maximum atomic E-state index is 10.4. The van der Waals surface area contributed by atoms with Crippen LogP contribution >= 0.6 is 0 Å². The molecule has 0 fully saturated rings. The molecule has 60 valence electrons. The molecule has 0 aliphatic carbocycles. The highest BCUT2D eigenvalue weighted by Gasteiger charge is 2.14. The van der Waals surface area contributed by atoms with Gasteiger partial charge in [-0.1, -0.05) is 6.07 Å². The molecule has 12 heavy (non-hydrogen) atoms. The third-order valence-electron chi connectivity index (χ3n) is 1.46. The van der Waals surface area contributed by atoms with Crippen LogP contribution in [0.1, 0.15) is 0 Å². The Kier molecular flexibility index (Phi) is 1.26. The van der Waals surface area contributed by atoms with E-state index in [0.29, 0.717) is 5.65 Å². The second-order valence-corrected chi connectivity index (χ2v) is 2.19. The van der Waals surface area contributed by atoms with E-state index in [4.69, 9.17) is 0 Å². The third kappa shape index (κ3) is 0.815. The van der Waals surface area contributed by atoms with Gasteiger partial charge in [0.05, 0.1) is 11.3 Å². The summed E-state index contributed by atoms with van der Waals surface area (Å²) in [5.41, 5.74) is 0.476. The Labute approximate surface area is 66.6 Å². The van der Waals surface area contributed by atoms with Gasteiger partial charge in [-0.25, -0.2) is 0 Å². The Hall–Kier alpha value is -1.98.